The summed E-state index contributed by atoms with van der Waals surface area (Å²) in [5, 5.41) is 0. The third kappa shape index (κ3) is 3.91. The fourth-order valence-corrected chi connectivity index (χ4v) is 3.12. The number of sulfonamides is 1. The van der Waals surface area contributed by atoms with Gasteiger partial charge in [0, 0.05) is 0 Å². The Morgan fingerprint density at radius 1 is 1.00 bits per heavy atom. The molecular formula is C14H13F3N2O2S. The molecule has 3 N–H and O–H groups in total. The lowest BCUT2D eigenvalue weighted by molar-refractivity contribution is -0.136. The molecule has 0 saturated heterocycles. The fourth-order valence-electron chi connectivity index (χ4n) is 1.90. The monoisotopic (exact) mass is 330 g/mol. The number of rotatable bonds is 4. The number of nitrogen functional groups attached to an aromatic ring is 1. The second-order valence-corrected chi connectivity index (χ2v) is 6.33. The Morgan fingerprint density at radius 2 is 1.64 bits per heavy atom. The molecule has 2 aromatic rings. The summed E-state index contributed by atoms with van der Waals surface area (Å²) in [6.07, 6.45) is -4.65. The van der Waals surface area contributed by atoms with E-state index in [-0.39, 0.29) is 11.4 Å². The largest absolute Gasteiger partial charge is 0.418 e. The fraction of sp³-hybridized carbons (Fsp3) is 0.143. The van der Waals surface area contributed by atoms with Crippen LogP contribution in [0, 0.1) is 0 Å². The van der Waals surface area contributed by atoms with Crippen molar-refractivity contribution in [3.05, 3.63) is 59.7 Å². The van der Waals surface area contributed by atoms with Crippen LogP contribution in [-0.2, 0) is 22.0 Å². The molecular weight excluding hydrogens is 317 g/mol. The number of nitrogens with two attached hydrogens (primary N) is 1. The maximum atomic E-state index is 12.8. The predicted molar refractivity (Wildman–Crippen MR) is 78.5 cm³/mol. The van der Waals surface area contributed by atoms with Crippen molar-refractivity contribution in [2.75, 3.05) is 10.5 Å². The molecule has 0 aliphatic carbocycles. The zero-order valence-corrected chi connectivity index (χ0v) is 12.1. The zero-order chi connectivity index (χ0) is 16.4. The number of benzene rings is 2. The average Bonchev–Trinajstić information content (AvgIpc) is 2.40. The summed E-state index contributed by atoms with van der Waals surface area (Å²) >= 11 is 0. The number of halogens is 3. The van der Waals surface area contributed by atoms with E-state index in [2.05, 4.69) is 4.72 Å². The van der Waals surface area contributed by atoms with Gasteiger partial charge in [-0.3, -0.25) is 4.72 Å². The minimum Gasteiger partial charge on any atom is -0.397 e. The molecule has 0 fully saturated rings. The molecule has 2 aromatic carbocycles. The van der Waals surface area contributed by atoms with Gasteiger partial charge in [0.15, 0.2) is 0 Å². The number of nitrogens with one attached hydrogen (secondary N) is 1. The van der Waals surface area contributed by atoms with E-state index >= 15 is 0 Å². The molecule has 22 heavy (non-hydrogen) atoms. The number of alkyl halides is 3. The highest BCUT2D eigenvalue weighted by atomic mass is 32.2. The van der Waals surface area contributed by atoms with Crippen molar-refractivity contribution in [1.82, 2.24) is 0 Å². The van der Waals surface area contributed by atoms with Crippen LogP contribution in [0.4, 0.5) is 24.5 Å². The first-order valence-electron chi connectivity index (χ1n) is 6.19. The average molecular weight is 330 g/mol. The van der Waals surface area contributed by atoms with Crippen LogP contribution in [0.1, 0.15) is 11.1 Å². The Kier molecular flexibility index (Phi) is 4.32. The second kappa shape index (κ2) is 5.88. The van der Waals surface area contributed by atoms with Gasteiger partial charge in [-0.25, -0.2) is 8.42 Å². The lowest BCUT2D eigenvalue weighted by Gasteiger charge is -2.15. The number of hydrogen-bond acceptors (Lipinski definition) is 3. The first-order chi connectivity index (χ1) is 10.2. The van der Waals surface area contributed by atoms with Crippen LogP contribution in [0.25, 0.3) is 0 Å². The predicted octanol–water partition coefficient (Wildman–Crippen LogP) is 3.23. The second-order valence-electron chi connectivity index (χ2n) is 4.61. The van der Waals surface area contributed by atoms with Gasteiger partial charge in [-0.15, -0.1) is 0 Å². The summed E-state index contributed by atoms with van der Waals surface area (Å²) in [7, 11) is -3.87. The molecule has 0 radical (unpaired) electrons. The van der Waals surface area contributed by atoms with Gasteiger partial charge in [0.2, 0.25) is 10.0 Å². The van der Waals surface area contributed by atoms with Crippen molar-refractivity contribution in [2.45, 2.75) is 11.9 Å². The Morgan fingerprint density at radius 3 is 2.23 bits per heavy atom. The first-order valence-corrected chi connectivity index (χ1v) is 7.84. The van der Waals surface area contributed by atoms with Gasteiger partial charge >= 0.3 is 6.18 Å². The summed E-state index contributed by atoms with van der Waals surface area (Å²) in [6, 6.07) is 11.4. The molecule has 0 amide bonds. The number of hydrogen-bond donors (Lipinski definition) is 2. The topological polar surface area (TPSA) is 72.2 Å². The van der Waals surface area contributed by atoms with Crippen LogP contribution in [-0.4, -0.2) is 8.42 Å². The van der Waals surface area contributed by atoms with Crippen LogP contribution < -0.4 is 10.5 Å². The third-order valence-electron chi connectivity index (χ3n) is 2.88. The van der Waals surface area contributed by atoms with Gasteiger partial charge in [0.1, 0.15) is 0 Å². The first kappa shape index (κ1) is 16.2. The van der Waals surface area contributed by atoms with Gasteiger partial charge in [-0.05, 0) is 17.7 Å². The van der Waals surface area contributed by atoms with E-state index < -0.39 is 27.5 Å². The van der Waals surface area contributed by atoms with Crippen molar-refractivity contribution < 1.29 is 21.6 Å². The number of para-hydroxylation sites is 1. The Labute approximate surface area is 125 Å². The molecule has 8 heteroatoms. The van der Waals surface area contributed by atoms with Gasteiger partial charge in [0.25, 0.3) is 0 Å². The summed E-state index contributed by atoms with van der Waals surface area (Å²) < 4.78 is 64.4. The van der Waals surface area contributed by atoms with Crippen LogP contribution in [0.5, 0.6) is 0 Å². The minimum atomic E-state index is -4.65. The highest BCUT2D eigenvalue weighted by Gasteiger charge is 2.34. The van der Waals surface area contributed by atoms with E-state index in [1.54, 1.807) is 30.3 Å². The quantitative estimate of drug-likeness (QED) is 0.846. The zero-order valence-electron chi connectivity index (χ0n) is 11.3. The van der Waals surface area contributed by atoms with E-state index in [1.165, 1.54) is 6.07 Å². The third-order valence-corrected chi connectivity index (χ3v) is 4.12. The van der Waals surface area contributed by atoms with Crippen molar-refractivity contribution in [3.8, 4) is 0 Å². The Bertz CT molecular complexity index is 759. The molecule has 0 aliphatic rings. The smallest absolute Gasteiger partial charge is 0.397 e. The van der Waals surface area contributed by atoms with Crippen LogP contribution in [0.15, 0.2) is 48.5 Å². The molecule has 2 rings (SSSR count). The standard InChI is InChI=1S/C14H13F3N2O2S/c15-14(16,17)11-7-4-8-12(13(11)18)19-22(20,21)9-10-5-2-1-3-6-10/h1-8,19H,9,18H2. The van der Waals surface area contributed by atoms with Gasteiger partial charge < -0.3 is 5.73 Å². The van der Waals surface area contributed by atoms with Crippen LogP contribution >= 0.6 is 0 Å². The molecule has 0 bridgehead atoms. The molecule has 0 aromatic heterocycles. The van der Waals surface area contributed by atoms with Gasteiger partial charge in [0.05, 0.1) is 22.7 Å². The van der Waals surface area contributed by atoms with Crippen molar-refractivity contribution in [3.63, 3.8) is 0 Å². The van der Waals surface area contributed by atoms with E-state index in [0.29, 0.717) is 5.56 Å². The maximum Gasteiger partial charge on any atom is 0.418 e. The molecule has 4 nitrogen and oxygen atoms in total. The summed E-state index contributed by atoms with van der Waals surface area (Å²) in [5.74, 6) is -0.358. The van der Waals surface area contributed by atoms with E-state index in [9.17, 15) is 21.6 Å². The normalized spacial score (nSPS) is 12.1. The van der Waals surface area contributed by atoms with Gasteiger partial charge in [-0.1, -0.05) is 36.4 Å². The lowest BCUT2D eigenvalue weighted by Crippen LogP contribution is -2.18. The van der Waals surface area contributed by atoms with E-state index in [1.807, 2.05) is 0 Å². The molecule has 0 saturated carbocycles. The lowest BCUT2D eigenvalue weighted by atomic mass is 10.1. The van der Waals surface area contributed by atoms with E-state index in [0.717, 1.165) is 12.1 Å². The Balaban J connectivity index is 2.27. The van der Waals surface area contributed by atoms with Gasteiger partial charge in [-0.2, -0.15) is 13.2 Å². The molecule has 0 aliphatic heterocycles. The summed E-state index contributed by atoms with van der Waals surface area (Å²) in [6.45, 7) is 0. The van der Waals surface area contributed by atoms with Crippen molar-refractivity contribution >= 4 is 21.4 Å². The molecule has 0 atom stereocenters. The van der Waals surface area contributed by atoms with Crippen LogP contribution in [0.3, 0.4) is 0 Å². The highest BCUT2D eigenvalue weighted by molar-refractivity contribution is 7.91. The molecule has 118 valence electrons. The highest BCUT2D eigenvalue weighted by Crippen LogP contribution is 2.37. The van der Waals surface area contributed by atoms with Crippen molar-refractivity contribution in [2.24, 2.45) is 0 Å². The van der Waals surface area contributed by atoms with Crippen LogP contribution in [0.2, 0.25) is 0 Å². The summed E-state index contributed by atoms with van der Waals surface area (Å²) in [5.41, 5.74) is 3.93. The molecule has 0 spiro atoms. The number of anilines is 2. The maximum absolute atomic E-state index is 12.8. The SMILES string of the molecule is Nc1c(NS(=O)(=O)Cc2ccccc2)cccc1C(F)(F)F. The summed E-state index contributed by atoms with van der Waals surface area (Å²) in [4.78, 5) is 0. The molecule has 0 heterocycles. The van der Waals surface area contributed by atoms with Crippen molar-refractivity contribution in [1.29, 1.82) is 0 Å². The molecule has 0 unspecified atom stereocenters. The van der Waals surface area contributed by atoms with E-state index in [4.69, 9.17) is 5.73 Å². The minimum absolute atomic E-state index is 0.286. The Hall–Kier alpha value is -2.22.